The van der Waals surface area contributed by atoms with Crippen LogP contribution in [-0.2, 0) is 14.3 Å². The highest BCUT2D eigenvalue weighted by Gasteiger charge is 2.53. The van der Waals surface area contributed by atoms with Crippen molar-refractivity contribution in [1.82, 2.24) is 14.4 Å². The number of carbonyl (C=O) groups is 3. The lowest BCUT2D eigenvalue weighted by atomic mass is 10.0. The molecular weight excluding hydrogens is 445 g/mol. The Morgan fingerprint density at radius 2 is 1.94 bits per heavy atom. The molecule has 3 heterocycles. The van der Waals surface area contributed by atoms with Gasteiger partial charge in [-0.3, -0.25) is 4.79 Å². The molecule has 2 aromatic rings. The number of cyclic esters (lactones) is 1. The molecule has 0 radical (unpaired) electrons. The number of ether oxygens (including phenoxy) is 2. The minimum Gasteiger partial charge on any atom is -0.453 e. The van der Waals surface area contributed by atoms with Crippen molar-refractivity contribution in [2.24, 2.45) is 5.73 Å². The summed E-state index contributed by atoms with van der Waals surface area (Å²) in [7, 11) is 1.36. The van der Waals surface area contributed by atoms with E-state index in [1.807, 2.05) is 4.90 Å². The average molecular weight is 472 g/mol. The Morgan fingerprint density at radius 3 is 2.47 bits per heavy atom. The number of hydrogen-bond donors (Lipinski definition) is 1. The molecular formula is C23H27FN5O5+. The van der Waals surface area contributed by atoms with E-state index in [9.17, 15) is 14.4 Å². The second-order valence-electron chi connectivity index (χ2n) is 8.30. The summed E-state index contributed by atoms with van der Waals surface area (Å²) in [4.78, 5) is 44.2. The average Bonchev–Trinajstić information content (AvgIpc) is 3.25. The van der Waals surface area contributed by atoms with Gasteiger partial charge >= 0.3 is 12.2 Å². The van der Waals surface area contributed by atoms with Gasteiger partial charge in [0.05, 0.1) is 7.11 Å². The Kier molecular flexibility index (Phi) is 6.38. The van der Waals surface area contributed by atoms with Gasteiger partial charge < -0.3 is 25.0 Å². The number of amides is 3. The van der Waals surface area contributed by atoms with Crippen LogP contribution < -0.4 is 15.1 Å². The van der Waals surface area contributed by atoms with Crippen molar-refractivity contribution in [1.29, 1.82) is 0 Å². The summed E-state index contributed by atoms with van der Waals surface area (Å²) in [6.07, 6.45) is 0.607. The molecule has 3 amide bonds. The van der Waals surface area contributed by atoms with Gasteiger partial charge in [-0.2, -0.15) is 9.28 Å². The number of nitrogens with two attached hydrogens (primary N) is 1. The normalized spacial score (nSPS) is 21.2. The molecule has 1 aromatic carbocycles. The number of quaternary nitrogens is 1. The van der Waals surface area contributed by atoms with E-state index in [-0.39, 0.29) is 19.2 Å². The minimum atomic E-state index is -0.902. The van der Waals surface area contributed by atoms with Gasteiger partial charge in [0.1, 0.15) is 30.5 Å². The highest BCUT2D eigenvalue weighted by molar-refractivity contribution is 5.93. The molecule has 2 saturated heterocycles. The third kappa shape index (κ3) is 4.03. The van der Waals surface area contributed by atoms with Crippen LogP contribution in [0.25, 0.3) is 11.1 Å². The molecule has 11 heteroatoms. The molecule has 0 saturated carbocycles. The Labute approximate surface area is 196 Å². The molecule has 0 aliphatic carbocycles. The number of methoxy groups -OCH3 is 1. The van der Waals surface area contributed by atoms with E-state index >= 15 is 4.39 Å². The van der Waals surface area contributed by atoms with Gasteiger partial charge in [-0.1, -0.05) is 0 Å². The van der Waals surface area contributed by atoms with Crippen molar-refractivity contribution < 1.29 is 28.2 Å². The molecule has 1 aromatic heterocycles. The van der Waals surface area contributed by atoms with Crippen LogP contribution in [0.2, 0.25) is 0 Å². The first-order chi connectivity index (χ1) is 16.3. The lowest BCUT2D eigenvalue weighted by Crippen LogP contribution is -2.61. The van der Waals surface area contributed by atoms with Crippen LogP contribution in [0.15, 0.2) is 36.5 Å². The molecule has 2 atom stereocenters. The first-order valence-electron chi connectivity index (χ1n) is 11.0. The molecule has 10 nitrogen and oxygen atoms in total. The molecule has 2 aliphatic heterocycles. The number of hydrogen-bond acceptors (Lipinski definition) is 7. The molecule has 0 bridgehead atoms. The smallest absolute Gasteiger partial charge is 0.453 e. The number of piperazine rings is 1. The predicted octanol–water partition coefficient (Wildman–Crippen LogP) is 2.11. The van der Waals surface area contributed by atoms with Crippen molar-refractivity contribution in [2.45, 2.75) is 13.0 Å². The van der Waals surface area contributed by atoms with Crippen molar-refractivity contribution >= 4 is 29.6 Å². The number of aromatic nitrogens is 1. The van der Waals surface area contributed by atoms with E-state index in [0.717, 1.165) is 5.82 Å². The Morgan fingerprint density at radius 1 is 1.21 bits per heavy atom. The topological polar surface area (TPSA) is 115 Å². The van der Waals surface area contributed by atoms with Crippen LogP contribution in [0.1, 0.15) is 6.92 Å². The maximum Gasteiger partial charge on any atom is 0.522 e. The van der Waals surface area contributed by atoms with E-state index in [0.29, 0.717) is 43.0 Å². The molecule has 4 rings (SSSR count). The van der Waals surface area contributed by atoms with E-state index in [1.54, 1.807) is 35.4 Å². The zero-order chi connectivity index (χ0) is 24.5. The third-order valence-corrected chi connectivity index (χ3v) is 6.58. The van der Waals surface area contributed by atoms with Crippen LogP contribution in [0.4, 0.5) is 25.5 Å². The first kappa shape index (κ1) is 23.4. The molecule has 180 valence electrons. The standard InChI is InChI=1S/C23H26FN5O5/c1-15(21(25)30)29(11-12-34-23(29)32)17-4-5-18(19(24)13-17)16-3-6-20(26-14-16)27-7-9-28(10-8-27)22(31)33-2/h3-6,13-15H,7-12H2,1-2H3,(H-,25,30)/p+1. The highest BCUT2D eigenvalue weighted by Crippen LogP contribution is 2.35. The number of pyridine rings is 1. The summed E-state index contributed by atoms with van der Waals surface area (Å²) in [6, 6.07) is 7.10. The van der Waals surface area contributed by atoms with Gasteiger partial charge in [-0.15, -0.1) is 0 Å². The monoisotopic (exact) mass is 472 g/mol. The van der Waals surface area contributed by atoms with Crippen LogP contribution >= 0.6 is 0 Å². The fourth-order valence-electron chi connectivity index (χ4n) is 4.48. The lowest BCUT2D eigenvalue weighted by Gasteiger charge is -2.34. The van der Waals surface area contributed by atoms with Gasteiger partial charge in [0.25, 0.3) is 5.91 Å². The number of nitrogens with zero attached hydrogens (tertiary/aromatic N) is 4. The van der Waals surface area contributed by atoms with E-state index in [2.05, 4.69) is 4.98 Å². The number of carbonyl (C=O) groups excluding carboxylic acids is 3. The predicted molar refractivity (Wildman–Crippen MR) is 122 cm³/mol. The Balaban J connectivity index is 1.54. The number of benzene rings is 1. The number of anilines is 1. The van der Waals surface area contributed by atoms with Crippen molar-refractivity contribution in [2.75, 3.05) is 51.3 Å². The lowest BCUT2D eigenvalue weighted by molar-refractivity contribution is -0.121. The molecule has 2 unspecified atom stereocenters. The van der Waals surface area contributed by atoms with E-state index in [1.165, 1.54) is 20.1 Å². The minimum absolute atomic E-state index is 0.124. The summed E-state index contributed by atoms with van der Waals surface area (Å²) < 4.78 is 24.6. The Bertz CT molecular complexity index is 1100. The molecule has 0 spiro atoms. The van der Waals surface area contributed by atoms with Crippen LogP contribution in [0.5, 0.6) is 0 Å². The van der Waals surface area contributed by atoms with Crippen molar-refractivity contribution in [3.05, 3.63) is 42.3 Å². The number of rotatable bonds is 5. The highest BCUT2D eigenvalue weighted by atomic mass is 19.1. The second kappa shape index (κ2) is 9.26. The van der Waals surface area contributed by atoms with Gasteiger partial charge in [0.15, 0.2) is 6.04 Å². The fourth-order valence-corrected chi connectivity index (χ4v) is 4.48. The summed E-state index contributed by atoms with van der Waals surface area (Å²) in [5.41, 5.74) is 6.66. The van der Waals surface area contributed by atoms with Gasteiger partial charge in [0, 0.05) is 55.6 Å². The largest absolute Gasteiger partial charge is 0.522 e. The van der Waals surface area contributed by atoms with Gasteiger partial charge in [-0.25, -0.2) is 14.2 Å². The van der Waals surface area contributed by atoms with Crippen molar-refractivity contribution in [3.63, 3.8) is 0 Å². The zero-order valence-electron chi connectivity index (χ0n) is 19.1. The van der Waals surface area contributed by atoms with Gasteiger partial charge in [-0.05, 0) is 25.1 Å². The maximum atomic E-state index is 15.2. The Hall–Kier alpha value is -3.73. The zero-order valence-corrected chi connectivity index (χ0v) is 19.1. The first-order valence-corrected chi connectivity index (χ1v) is 11.0. The SMILES string of the molecule is COC(=O)N1CCN(c2ccc(-c3ccc([N+]4(C(C)C(N)=O)CCOC4=O)cc3F)cn2)CC1. The van der Waals surface area contributed by atoms with E-state index in [4.69, 9.17) is 15.2 Å². The maximum absolute atomic E-state index is 15.2. The summed E-state index contributed by atoms with van der Waals surface area (Å²) in [5, 5.41) is 0. The summed E-state index contributed by atoms with van der Waals surface area (Å²) in [5.74, 6) is -0.493. The van der Waals surface area contributed by atoms with Crippen LogP contribution in [-0.4, -0.2) is 80.5 Å². The molecule has 2 fully saturated rings. The van der Waals surface area contributed by atoms with Crippen LogP contribution in [0, 0.1) is 5.82 Å². The fraction of sp³-hybridized carbons (Fsp3) is 0.391. The number of halogens is 1. The molecule has 2 aliphatic rings. The molecule has 34 heavy (non-hydrogen) atoms. The third-order valence-electron chi connectivity index (χ3n) is 6.58. The van der Waals surface area contributed by atoms with Crippen LogP contribution in [0.3, 0.4) is 0 Å². The summed E-state index contributed by atoms with van der Waals surface area (Å²) in [6.45, 7) is 4.13. The number of primary amides is 1. The van der Waals surface area contributed by atoms with Crippen molar-refractivity contribution in [3.8, 4) is 11.1 Å². The summed E-state index contributed by atoms with van der Waals surface area (Å²) >= 11 is 0. The van der Waals surface area contributed by atoms with Gasteiger partial charge in [0.2, 0.25) is 0 Å². The second-order valence-corrected chi connectivity index (χ2v) is 8.30. The quantitative estimate of drug-likeness (QED) is 0.663. The molecule has 2 N–H and O–H groups in total. The van der Waals surface area contributed by atoms with E-state index < -0.39 is 28.3 Å².